The summed E-state index contributed by atoms with van der Waals surface area (Å²) in [5, 5.41) is 2.73. The van der Waals surface area contributed by atoms with Crippen molar-refractivity contribution in [3.63, 3.8) is 0 Å². The van der Waals surface area contributed by atoms with Gasteiger partial charge in [0.1, 0.15) is 11.4 Å². The molecule has 0 radical (unpaired) electrons. The second kappa shape index (κ2) is 6.06. The SMILES string of the molecule is O=C(Nc1cccc(F)c1)C1C2C(=O)N(c3ccc4c(c3)OCO4)CC23C=C[C@@H]1O3. The summed E-state index contributed by atoms with van der Waals surface area (Å²) in [6.07, 6.45) is 3.24. The second-order valence-electron chi connectivity index (χ2n) is 7.86. The number of rotatable bonds is 3. The number of hydrogen-bond donors (Lipinski definition) is 1. The average molecular weight is 408 g/mol. The first kappa shape index (κ1) is 17.5. The molecule has 2 aromatic rings. The minimum absolute atomic E-state index is 0.148. The largest absolute Gasteiger partial charge is 0.454 e. The first-order valence-electron chi connectivity index (χ1n) is 9.69. The summed E-state index contributed by atoms with van der Waals surface area (Å²) in [6.45, 7) is 0.460. The number of fused-ring (bicyclic) bond motifs is 2. The zero-order valence-corrected chi connectivity index (χ0v) is 15.7. The highest BCUT2D eigenvalue weighted by Gasteiger charge is 2.67. The van der Waals surface area contributed by atoms with Gasteiger partial charge in [0.05, 0.1) is 24.5 Å². The summed E-state index contributed by atoms with van der Waals surface area (Å²) in [5.74, 6) is -1.11. The van der Waals surface area contributed by atoms with Gasteiger partial charge in [-0.25, -0.2) is 4.39 Å². The van der Waals surface area contributed by atoms with Gasteiger partial charge in [0.25, 0.3) is 0 Å². The number of nitrogens with one attached hydrogen (secondary N) is 1. The molecule has 4 aliphatic heterocycles. The van der Waals surface area contributed by atoms with Gasteiger partial charge in [-0.2, -0.15) is 0 Å². The van der Waals surface area contributed by atoms with Crippen LogP contribution in [0.1, 0.15) is 0 Å². The highest BCUT2D eigenvalue weighted by atomic mass is 19.1. The Morgan fingerprint density at radius 2 is 2.03 bits per heavy atom. The summed E-state index contributed by atoms with van der Waals surface area (Å²) in [5.41, 5.74) is 0.166. The predicted octanol–water partition coefficient (Wildman–Crippen LogP) is 2.48. The number of benzene rings is 2. The van der Waals surface area contributed by atoms with Crippen LogP contribution in [0.4, 0.5) is 15.8 Å². The van der Waals surface area contributed by atoms with E-state index in [1.165, 1.54) is 18.2 Å². The van der Waals surface area contributed by atoms with E-state index in [1.54, 1.807) is 29.2 Å². The van der Waals surface area contributed by atoms with Crippen molar-refractivity contribution < 1.29 is 28.2 Å². The highest BCUT2D eigenvalue weighted by Crippen LogP contribution is 2.53. The lowest BCUT2D eigenvalue weighted by atomic mass is 9.77. The first-order valence-corrected chi connectivity index (χ1v) is 9.69. The summed E-state index contributed by atoms with van der Waals surface area (Å²) in [6, 6.07) is 11.0. The van der Waals surface area contributed by atoms with Gasteiger partial charge in [-0.1, -0.05) is 18.2 Å². The van der Waals surface area contributed by atoms with Crippen molar-refractivity contribution in [2.24, 2.45) is 11.8 Å². The van der Waals surface area contributed by atoms with E-state index in [9.17, 15) is 14.0 Å². The fourth-order valence-electron chi connectivity index (χ4n) is 4.86. The lowest BCUT2D eigenvalue weighted by Crippen LogP contribution is -2.41. The number of amides is 2. The van der Waals surface area contributed by atoms with Gasteiger partial charge in [-0.05, 0) is 30.3 Å². The van der Waals surface area contributed by atoms with Gasteiger partial charge >= 0.3 is 0 Å². The lowest BCUT2D eigenvalue weighted by molar-refractivity contribution is -0.128. The Morgan fingerprint density at radius 1 is 1.17 bits per heavy atom. The molecule has 0 aliphatic carbocycles. The molecule has 4 aliphatic rings. The Hall–Kier alpha value is -3.39. The molecule has 0 saturated carbocycles. The van der Waals surface area contributed by atoms with E-state index in [0.29, 0.717) is 29.4 Å². The molecule has 2 saturated heterocycles. The van der Waals surface area contributed by atoms with Crippen LogP contribution >= 0.6 is 0 Å². The summed E-state index contributed by atoms with van der Waals surface area (Å²) in [7, 11) is 0. The van der Waals surface area contributed by atoms with E-state index in [1.807, 2.05) is 12.2 Å². The van der Waals surface area contributed by atoms with Gasteiger partial charge < -0.3 is 24.4 Å². The van der Waals surface area contributed by atoms with E-state index in [4.69, 9.17) is 14.2 Å². The molecule has 4 atom stereocenters. The third kappa shape index (κ3) is 2.40. The molecule has 2 aromatic carbocycles. The number of halogens is 1. The minimum atomic E-state index is -0.845. The summed E-state index contributed by atoms with van der Waals surface area (Å²) in [4.78, 5) is 28.1. The summed E-state index contributed by atoms with van der Waals surface area (Å²) >= 11 is 0. The number of hydrogen-bond acceptors (Lipinski definition) is 5. The summed E-state index contributed by atoms with van der Waals surface area (Å²) < 4.78 is 30.4. The molecule has 2 amide bonds. The van der Waals surface area contributed by atoms with Gasteiger partial charge in [0.15, 0.2) is 11.5 Å². The maximum absolute atomic E-state index is 13.5. The van der Waals surface area contributed by atoms with Crippen molar-refractivity contribution in [3.8, 4) is 11.5 Å². The standard InChI is InChI=1S/C22H17FN2O5/c23-12-2-1-3-13(8-12)24-20(26)18-16-6-7-22(30-16)10-25(21(27)19(18)22)14-4-5-15-17(9-14)29-11-28-15/h1-9,16,18-19H,10-11H2,(H,24,26)/t16-,18?,19?,22?/m0/s1. The topological polar surface area (TPSA) is 77.1 Å². The van der Waals surface area contributed by atoms with Gasteiger partial charge in [0, 0.05) is 17.4 Å². The monoisotopic (exact) mass is 408 g/mol. The van der Waals surface area contributed by atoms with E-state index in [0.717, 1.165) is 0 Å². The van der Waals surface area contributed by atoms with Crippen molar-refractivity contribution in [1.82, 2.24) is 0 Å². The Balaban J connectivity index is 1.30. The van der Waals surface area contributed by atoms with Crippen LogP contribution in [0.5, 0.6) is 11.5 Å². The molecule has 4 heterocycles. The van der Waals surface area contributed by atoms with Crippen LogP contribution in [-0.4, -0.2) is 36.9 Å². The second-order valence-corrected chi connectivity index (χ2v) is 7.86. The first-order chi connectivity index (χ1) is 14.5. The molecule has 30 heavy (non-hydrogen) atoms. The minimum Gasteiger partial charge on any atom is -0.454 e. The molecule has 7 nitrogen and oxygen atoms in total. The molecule has 8 heteroatoms. The van der Waals surface area contributed by atoms with Gasteiger partial charge in [-0.15, -0.1) is 0 Å². The zero-order valence-electron chi connectivity index (χ0n) is 15.7. The maximum Gasteiger partial charge on any atom is 0.234 e. The fraction of sp³-hybridized carbons (Fsp3) is 0.273. The third-order valence-corrected chi connectivity index (χ3v) is 6.16. The van der Waals surface area contributed by atoms with Crippen molar-refractivity contribution in [2.45, 2.75) is 11.7 Å². The van der Waals surface area contributed by atoms with Crippen LogP contribution in [-0.2, 0) is 14.3 Å². The van der Waals surface area contributed by atoms with Crippen LogP contribution < -0.4 is 19.7 Å². The number of ether oxygens (including phenoxy) is 3. The molecule has 1 spiro atoms. The quantitative estimate of drug-likeness (QED) is 0.790. The van der Waals surface area contributed by atoms with E-state index >= 15 is 0 Å². The van der Waals surface area contributed by atoms with Crippen LogP contribution in [0.3, 0.4) is 0 Å². The molecule has 1 N–H and O–H groups in total. The molecule has 2 bridgehead atoms. The maximum atomic E-state index is 13.5. The van der Waals surface area contributed by atoms with E-state index in [-0.39, 0.29) is 18.6 Å². The average Bonchev–Trinajstić information content (AvgIpc) is 3.48. The smallest absolute Gasteiger partial charge is 0.234 e. The molecule has 6 rings (SSSR count). The van der Waals surface area contributed by atoms with Crippen LogP contribution in [0.25, 0.3) is 0 Å². The number of carbonyl (C=O) groups is 2. The Kier molecular flexibility index (Phi) is 3.53. The van der Waals surface area contributed by atoms with Gasteiger partial charge in [-0.3, -0.25) is 9.59 Å². The van der Waals surface area contributed by atoms with Crippen LogP contribution in [0.2, 0.25) is 0 Å². The molecule has 152 valence electrons. The third-order valence-electron chi connectivity index (χ3n) is 6.16. The van der Waals surface area contributed by atoms with Crippen molar-refractivity contribution >= 4 is 23.2 Å². The number of nitrogens with zero attached hydrogens (tertiary/aromatic N) is 1. The molecule has 3 unspecified atom stereocenters. The van der Waals surface area contributed by atoms with Crippen molar-refractivity contribution in [3.05, 3.63) is 60.4 Å². The van der Waals surface area contributed by atoms with Crippen LogP contribution in [0.15, 0.2) is 54.6 Å². The Labute approximate surface area is 171 Å². The van der Waals surface area contributed by atoms with Crippen molar-refractivity contribution in [1.29, 1.82) is 0 Å². The number of carbonyl (C=O) groups excluding carboxylic acids is 2. The molecule has 2 fully saturated rings. The van der Waals surface area contributed by atoms with Gasteiger partial charge in [0.2, 0.25) is 18.6 Å². The van der Waals surface area contributed by atoms with E-state index in [2.05, 4.69) is 5.32 Å². The zero-order chi connectivity index (χ0) is 20.5. The predicted molar refractivity (Wildman–Crippen MR) is 104 cm³/mol. The van der Waals surface area contributed by atoms with E-state index < -0.39 is 29.4 Å². The van der Waals surface area contributed by atoms with Crippen LogP contribution in [0, 0.1) is 17.7 Å². The molecular formula is C22H17FN2O5. The molecule has 0 aromatic heterocycles. The Morgan fingerprint density at radius 3 is 2.90 bits per heavy atom. The Bertz CT molecular complexity index is 1120. The van der Waals surface area contributed by atoms with Crippen molar-refractivity contribution in [2.75, 3.05) is 23.6 Å². The number of anilines is 2. The lowest BCUT2D eigenvalue weighted by Gasteiger charge is -2.23. The highest BCUT2D eigenvalue weighted by molar-refractivity contribution is 6.05. The fourth-order valence-corrected chi connectivity index (χ4v) is 4.86. The normalized spacial score (nSPS) is 30.1. The molecular weight excluding hydrogens is 391 g/mol.